The molecular weight excluding hydrogens is 348 g/mol. The van der Waals surface area contributed by atoms with Gasteiger partial charge in [-0.1, -0.05) is 41.9 Å². The monoisotopic (exact) mass is 366 g/mol. The second kappa shape index (κ2) is 7.58. The minimum atomic E-state index is -0.357. The van der Waals surface area contributed by atoms with Crippen molar-refractivity contribution in [2.75, 3.05) is 0 Å². The Balaban J connectivity index is 2.13. The molecule has 0 aliphatic carbocycles. The lowest BCUT2D eigenvalue weighted by Gasteiger charge is -2.08. The first-order valence-corrected chi connectivity index (χ1v) is 8.64. The second-order valence-corrected chi connectivity index (χ2v) is 6.23. The van der Waals surface area contributed by atoms with Crippen LogP contribution in [0.2, 0.25) is 0 Å². The number of para-hydroxylation sites is 1. The molecule has 0 spiro atoms. The zero-order valence-electron chi connectivity index (χ0n) is 14.8. The highest BCUT2D eigenvalue weighted by Gasteiger charge is 2.14. The number of aromatic nitrogens is 1. The number of nitrogens with zero attached hydrogens (tertiary/aromatic N) is 1. The number of carbonyl (C=O) groups excluding carboxylic acids is 1. The number of carbonyl (C=O) groups is 1. The van der Waals surface area contributed by atoms with Crippen molar-refractivity contribution in [1.29, 1.82) is 0 Å². The van der Waals surface area contributed by atoms with Crippen LogP contribution >= 0.6 is 11.6 Å². The summed E-state index contributed by atoms with van der Waals surface area (Å²) in [5.74, 6) is 0.157. The van der Waals surface area contributed by atoms with Gasteiger partial charge in [0.1, 0.15) is 5.75 Å². The Bertz CT molecular complexity index is 1030. The number of fused-ring (bicyclic) bond motifs is 1. The number of hydrogen-bond acceptors (Lipinski definition) is 3. The molecule has 0 atom stereocenters. The van der Waals surface area contributed by atoms with E-state index in [1.807, 2.05) is 62.5 Å². The molecular formula is C21H19ClN2O2. The maximum atomic E-state index is 11.4. The van der Waals surface area contributed by atoms with E-state index in [-0.39, 0.29) is 5.97 Å². The zero-order valence-corrected chi connectivity index (χ0v) is 15.6. The summed E-state index contributed by atoms with van der Waals surface area (Å²) in [4.78, 5) is 19.4. The summed E-state index contributed by atoms with van der Waals surface area (Å²) in [6.07, 6.45) is 3.71. The predicted molar refractivity (Wildman–Crippen MR) is 107 cm³/mol. The van der Waals surface area contributed by atoms with Crippen LogP contribution in [0.1, 0.15) is 31.9 Å². The van der Waals surface area contributed by atoms with Gasteiger partial charge in [0.2, 0.25) is 0 Å². The average Bonchev–Trinajstić information content (AvgIpc) is 3.06. The lowest BCUT2D eigenvalue weighted by Crippen LogP contribution is -2.03. The number of halogens is 1. The van der Waals surface area contributed by atoms with Crippen LogP contribution in [0.25, 0.3) is 15.9 Å². The number of rotatable bonds is 4. The molecule has 0 fully saturated rings. The maximum Gasteiger partial charge on any atom is 0.308 e. The lowest BCUT2D eigenvalue weighted by atomic mass is 10.1. The van der Waals surface area contributed by atoms with E-state index in [2.05, 4.69) is 4.98 Å². The van der Waals surface area contributed by atoms with E-state index in [1.54, 1.807) is 6.07 Å². The van der Waals surface area contributed by atoms with Gasteiger partial charge in [0.25, 0.3) is 0 Å². The molecule has 0 saturated carbocycles. The van der Waals surface area contributed by atoms with E-state index in [1.165, 1.54) is 6.92 Å². The van der Waals surface area contributed by atoms with Crippen molar-refractivity contribution in [3.63, 3.8) is 0 Å². The molecule has 3 rings (SSSR count). The zero-order chi connectivity index (χ0) is 18.7. The van der Waals surface area contributed by atoms with Crippen LogP contribution in [-0.4, -0.2) is 16.7 Å². The van der Waals surface area contributed by atoms with Gasteiger partial charge in [0.15, 0.2) is 0 Å². The first kappa shape index (κ1) is 18.0. The molecule has 2 aromatic carbocycles. The third-order valence-electron chi connectivity index (χ3n) is 4.01. The molecule has 0 aliphatic rings. The van der Waals surface area contributed by atoms with E-state index in [0.29, 0.717) is 10.8 Å². The van der Waals surface area contributed by atoms with Gasteiger partial charge in [-0.15, -0.1) is 0 Å². The van der Waals surface area contributed by atoms with Gasteiger partial charge in [-0.3, -0.25) is 9.79 Å². The van der Waals surface area contributed by atoms with Crippen LogP contribution in [0.4, 0.5) is 5.69 Å². The third-order valence-corrected chi connectivity index (χ3v) is 4.44. The third kappa shape index (κ3) is 3.55. The van der Waals surface area contributed by atoms with Crippen molar-refractivity contribution in [3.8, 4) is 5.75 Å². The Morgan fingerprint density at radius 3 is 2.62 bits per heavy atom. The highest BCUT2D eigenvalue weighted by Crippen LogP contribution is 2.32. The summed E-state index contributed by atoms with van der Waals surface area (Å²) in [6.45, 7) is 5.20. The van der Waals surface area contributed by atoms with E-state index in [4.69, 9.17) is 21.3 Å². The van der Waals surface area contributed by atoms with Gasteiger partial charge in [-0.25, -0.2) is 0 Å². The van der Waals surface area contributed by atoms with Gasteiger partial charge < -0.3 is 9.72 Å². The van der Waals surface area contributed by atoms with Crippen LogP contribution in [-0.2, 0) is 4.79 Å². The molecule has 0 saturated heterocycles. The van der Waals surface area contributed by atoms with Gasteiger partial charge in [-0.05, 0) is 32.0 Å². The Labute approximate surface area is 157 Å². The number of nitrogens with one attached hydrogen (secondary N) is 1. The Kier molecular flexibility index (Phi) is 5.24. The lowest BCUT2D eigenvalue weighted by molar-refractivity contribution is -0.131. The highest BCUT2D eigenvalue weighted by atomic mass is 35.5. The number of allylic oxidation sites excluding steroid dienone is 1. The minimum Gasteiger partial charge on any atom is -0.426 e. The predicted octanol–water partition coefficient (Wildman–Crippen LogP) is 5.83. The topological polar surface area (TPSA) is 54.4 Å². The van der Waals surface area contributed by atoms with Gasteiger partial charge in [-0.2, -0.15) is 0 Å². The van der Waals surface area contributed by atoms with Crippen LogP contribution in [0.3, 0.4) is 0 Å². The first-order chi connectivity index (χ1) is 12.5. The number of ether oxygens (including phenoxy) is 1. The first-order valence-electron chi connectivity index (χ1n) is 8.26. The van der Waals surface area contributed by atoms with Crippen molar-refractivity contribution in [3.05, 3.63) is 65.9 Å². The number of aliphatic imine (C=N–C) groups is 1. The van der Waals surface area contributed by atoms with Crippen LogP contribution < -0.4 is 4.74 Å². The minimum absolute atomic E-state index is 0.357. The fourth-order valence-corrected chi connectivity index (χ4v) is 3.01. The van der Waals surface area contributed by atoms with E-state index >= 15 is 0 Å². The molecule has 0 unspecified atom stereocenters. The Morgan fingerprint density at radius 2 is 1.88 bits per heavy atom. The van der Waals surface area contributed by atoms with Crippen molar-refractivity contribution in [1.82, 2.24) is 4.98 Å². The molecule has 5 heteroatoms. The van der Waals surface area contributed by atoms with E-state index in [0.717, 1.165) is 33.4 Å². The molecule has 0 radical (unpaired) electrons. The molecule has 0 aliphatic heterocycles. The summed E-state index contributed by atoms with van der Waals surface area (Å²) in [6, 6.07) is 13.3. The Hall–Kier alpha value is -2.85. The van der Waals surface area contributed by atoms with Crippen LogP contribution in [0.5, 0.6) is 5.75 Å². The molecule has 1 heterocycles. The van der Waals surface area contributed by atoms with Crippen molar-refractivity contribution in [2.45, 2.75) is 20.8 Å². The number of benzene rings is 2. The quantitative estimate of drug-likeness (QED) is 0.358. The maximum absolute atomic E-state index is 11.4. The smallest absolute Gasteiger partial charge is 0.308 e. The second-order valence-electron chi connectivity index (χ2n) is 5.83. The molecule has 4 nitrogen and oxygen atoms in total. The number of hydrogen-bond donors (Lipinski definition) is 1. The normalized spacial score (nSPS) is 12.5. The molecule has 26 heavy (non-hydrogen) atoms. The van der Waals surface area contributed by atoms with Gasteiger partial charge in [0, 0.05) is 40.5 Å². The van der Waals surface area contributed by atoms with Crippen LogP contribution in [0, 0.1) is 0 Å². The molecule has 132 valence electrons. The number of aromatic amines is 1. The Morgan fingerprint density at radius 1 is 1.12 bits per heavy atom. The SMILES string of the molecule is C/C=C(/Cl)c1ccccc1N=C(C)c1c[nH]c2cccc(OC(C)=O)c12. The summed E-state index contributed by atoms with van der Waals surface area (Å²) in [5.41, 5.74) is 4.21. The summed E-state index contributed by atoms with van der Waals surface area (Å²) >= 11 is 6.31. The standard InChI is InChI=1S/C21H19ClN2O2/c1-4-17(22)15-8-5-6-9-18(15)24-13(2)16-12-23-19-10-7-11-20(21(16)19)26-14(3)25/h4-12,23H,1-3H3/b17-4+,24-13?. The summed E-state index contributed by atoms with van der Waals surface area (Å²) in [5, 5.41) is 1.48. The summed E-state index contributed by atoms with van der Waals surface area (Å²) in [7, 11) is 0. The van der Waals surface area contributed by atoms with Crippen molar-refractivity contribution in [2.24, 2.45) is 4.99 Å². The summed E-state index contributed by atoms with van der Waals surface area (Å²) < 4.78 is 5.36. The van der Waals surface area contributed by atoms with Crippen molar-refractivity contribution >= 4 is 44.9 Å². The highest BCUT2D eigenvalue weighted by molar-refractivity contribution is 6.49. The molecule has 1 aromatic heterocycles. The fraction of sp³-hybridized carbons (Fsp3) is 0.143. The van der Waals surface area contributed by atoms with Gasteiger partial charge in [0.05, 0.1) is 11.1 Å². The number of esters is 1. The van der Waals surface area contributed by atoms with Crippen LogP contribution in [0.15, 0.2) is 59.7 Å². The largest absolute Gasteiger partial charge is 0.426 e. The molecule has 1 N–H and O–H groups in total. The fourth-order valence-electron chi connectivity index (χ4n) is 2.85. The molecule has 0 amide bonds. The molecule has 3 aromatic rings. The van der Waals surface area contributed by atoms with Gasteiger partial charge >= 0.3 is 5.97 Å². The van der Waals surface area contributed by atoms with Crippen molar-refractivity contribution < 1.29 is 9.53 Å². The average molecular weight is 367 g/mol. The van der Waals surface area contributed by atoms with E-state index in [9.17, 15) is 4.79 Å². The number of H-pyrrole nitrogens is 1. The molecule has 0 bridgehead atoms. The van der Waals surface area contributed by atoms with E-state index < -0.39 is 0 Å².